The van der Waals surface area contributed by atoms with E-state index in [0.717, 1.165) is 18.2 Å². The van der Waals surface area contributed by atoms with Crippen LogP contribution in [0.15, 0.2) is 58.3 Å². The zero-order valence-corrected chi connectivity index (χ0v) is 16.9. The summed E-state index contributed by atoms with van der Waals surface area (Å²) in [4.78, 5) is 11.1. The van der Waals surface area contributed by atoms with Gasteiger partial charge in [-0.1, -0.05) is 18.2 Å². The fraction of sp³-hybridized carbons (Fsp3) is 0.235. The lowest BCUT2D eigenvalue weighted by atomic mass is 10.1. The van der Waals surface area contributed by atoms with E-state index in [1.807, 2.05) is 4.72 Å². The Morgan fingerprint density at radius 3 is 2.17 bits per heavy atom. The number of amides is 1. The van der Waals surface area contributed by atoms with Crippen molar-refractivity contribution in [3.63, 3.8) is 0 Å². The number of nitrogens with two attached hydrogens (primary N) is 1. The van der Waals surface area contributed by atoms with Gasteiger partial charge in [0.25, 0.3) is 0 Å². The predicted octanol–water partition coefficient (Wildman–Crippen LogP) is 0.990. The number of carbonyl (C=O) groups is 1. The van der Waals surface area contributed by atoms with Crippen molar-refractivity contribution >= 4 is 26.0 Å². The Hall–Kier alpha value is -2.48. The van der Waals surface area contributed by atoms with Crippen molar-refractivity contribution in [2.24, 2.45) is 5.14 Å². The van der Waals surface area contributed by atoms with E-state index in [1.165, 1.54) is 24.3 Å². The van der Waals surface area contributed by atoms with Crippen LogP contribution in [0.1, 0.15) is 11.1 Å². The fourth-order valence-corrected chi connectivity index (χ4v) is 3.88. The standard InChI is InChI=1S/C17H18F3N3O5S2/c18-17(19,20)13-2-1-3-15(10-13)30(27,28)23-11-16(24)22-9-8-12-4-6-14(7-5-12)29(21,25)26/h1-7,10,23H,8-9,11H2,(H,22,24)(H2,21,25,26). The van der Waals surface area contributed by atoms with E-state index in [2.05, 4.69) is 5.32 Å². The van der Waals surface area contributed by atoms with Crippen LogP contribution < -0.4 is 15.2 Å². The summed E-state index contributed by atoms with van der Waals surface area (Å²) >= 11 is 0. The zero-order valence-electron chi connectivity index (χ0n) is 15.3. The highest BCUT2D eigenvalue weighted by Crippen LogP contribution is 2.30. The minimum atomic E-state index is -4.70. The second-order valence-corrected chi connectivity index (χ2v) is 9.47. The molecule has 0 aliphatic heterocycles. The molecule has 30 heavy (non-hydrogen) atoms. The van der Waals surface area contributed by atoms with Crippen molar-refractivity contribution in [3.05, 3.63) is 59.7 Å². The number of hydrogen-bond donors (Lipinski definition) is 3. The van der Waals surface area contributed by atoms with Gasteiger partial charge in [0.05, 0.1) is 21.9 Å². The minimum absolute atomic E-state index is 0.0562. The number of primary sulfonamides is 1. The van der Waals surface area contributed by atoms with Crippen LogP contribution in [-0.2, 0) is 37.4 Å². The fourth-order valence-electron chi connectivity index (χ4n) is 2.34. The van der Waals surface area contributed by atoms with Gasteiger partial charge in [-0.2, -0.15) is 13.2 Å². The van der Waals surface area contributed by atoms with Crippen LogP contribution in [0.25, 0.3) is 0 Å². The number of carbonyl (C=O) groups excluding carboxylic acids is 1. The first-order valence-electron chi connectivity index (χ1n) is 8.34. The van der Waals surface area contributed by atoms with Crippen LogP contribution in [0.3, 0.4) is 0 Å². The summed E-state index contributed by atoms with van der Waals surface area (Å²) in [5.41, 5.74) is -0.421. The van der Waals surface area contributed by atoms with E-state index in [0.29, 0.717) is 18.1 Å². The number of alkyl halides is 3. The van der Waals surface area contributed by atoms with Crippen LogP contribution in [0.2, 0.25) is 0 Å². The third kappa shape index (κ3) is 6.79. The molecular formula is C17H18F3N3O5S2. The Labute approximate surface area is 171 Å². The monoisotopic (exact) mass is 465 g/mol. The molecule has 4 N–H and O–H groups in total. The van der Waals surface area contributed by atoms with E-state index in [1.54, 1.807) is 0 Å². The lowest BCUT2D eigenvalue weighted by molar-refractivity contribution is -0.137. The molecule has 0 saturated heterocycles. The first-order chi connectivity index (χ1) is 13.8. The number of rotatable bonds is 8. The second-order valence-electron chi connectivity index (χ2n) is 6.14. The van der Waals surface area contributed by atoms with Crippen molar-refractivity contribution in [2.75, 3.05) is 13.1 Å². The maximum Gasteiger partial charge on any atom is 0.416 e. The molecule has 0 aliphatic rings. The van der Waals surface area contributed by atoms with E-state index in [-0.39, 0.29) is 11.4 Å². The third-order valence-electron chi connectivity index (χ3n) is 3.88. The highest BCUT2D eigenvalue weighted by Gasteiger charge is 2.31. The number of halogens is 3. The molecule has 0 aliphatic carbocycles. The van der Waals surface area contributed by atoms with Crippen LogP contribution in [0, 0.1) is 0 Å². The number of sulfonamides is 2. The number of hydrogen-bond acceptors (Lipinski definition) is 5. The van der Waals surface area contributed by atoms with E-state index in [4.69, 9.17) is 5.14 Å². The smallest absolute Gasteiger partial charge is 0.355 e. The van der Waals surface area contributed by atoms with Gasteiger partial charge in [-0.3, -0.25) is 4.79 Å². The summed E-state index contributed by atoms with van der Waals surface area (Å²) in [6, 6.07) is 8.82. The zero-order chi connectivity index (χ0) is 22.6. The summed E-state index contributed by atoms with van der Waals surface area (Å²) < 4.78 is 86.7. The lowest BCUT2D eigenvalue weighted by Gasteiger charge is -2.10. The van der Waals surface area contributed by atoms with Gasteiger partial charge in [0.2, 0.25) is 26.0 Å². The molecule has 8 nitrogen and oxygen atoms in total. The van der Waals surface area contributed by atoms with Gasteiger partial charge in [-0.25, -0.2) is 26.7 Å². The van der Waals surface area contributed by atoms with Gasteiger partial charge in [0, 0.05) is 6.54 Å². The minimum Gasteiger partial charge on any atom is -0.355 e. The summed E-state index contributed by atoms with van der Waals surface area (Å²) in [5, 5.41) is 7.44. The molecule has 13 heteroatoms. The highest BCUT2D eigenvalue weighted by atomic mass is 32.2. The molecule has 0 bridgehead atoms. The van der Waals surface area contributed by atoms with Crippen LogP contribution in [-0.4, -0.2) is 35.8 Å². The number of benzene rings is 2. The number of nitrogens with one attached hydrogen (secondary N) is 2. The average Bonchev–Trinajstić information content (AvgIpc) is 2.66. The van der Waals surface area contributed by atoms with Crippen LogP contribution >= 0.6 is 0 Å². The van der Waals surface area contributed by atoms with Gasteiger partial charge in [0.15, 0.2) is 0 Å². The summed E-state index contributed by atoms with van der Waals surface area (Å²) in [6.07, 6.45) is -4.37. The SMILES string of the molecule is NS(=O)(=O)c1ccc(CCNC(=O)CNS(=O)(=O)c2cccc(C(F)(F)F)c2)cc1. The Morgan fingerprint density at radius 2 is 1.60 bits per heavy atom. The third-order valence-corrected chi connectivity index (χ3v) is 6.21. The van der Waals surface area contributed by atoms with Gasteiger partial charge in [-0.15, -0.1) is 0 Å². The Morgan fingerprint density at radius 1 is 0.967 bits per heavy atom. The molecule has 0 heterocycles. The van der Waals surface area contributed by atoms with Crippen LogP contribution in [0.5, 0.6) is 0 Å². The molecular weight excluding hydrogens is 447 g/mol. The molecule has 0 spiro atoms. The first-order valence-corrected chi connectivity index (χ1v) is 11.4. The normalized spacial score (nSPS) is 12.5. The van der Waals surface area contributed by atoms with Crippen molar-refractivity contribution in [1.29, 1.82) is 0 Å². The van der Waals surface area contributed by atoms with Gasteiger partial charge in [-0.05, 0) is 42.3 Å². The quantitative estimate of drug-likeness (QED) is 0.534. The Balaban J connectivity index is 1.87. The van der Waals surface area contributed by atoms with E-state index < -0.39 is 49.1 Å². The van der Waals surface area contributed by atoms with Gasteiger partial charge >= 0.3 is 6.18 Å². The summed E-state index contributed by atoms with van der Waals surface area (Å²) in [7, 11) is -8.12. The molecule has 0 unspecified atom stereocenters. The molecule has 0 radical (unpaired) electrons. The van der Waals surface area contributed by atoms with Crippen molar-refractivity contribution in [3.8, 4) is 0 Å². The molecule has 1 amide bonds. The molecule has 164 valence electrons. The Kier molecular flexibility index (Phi) is 7.23. The molecule has 2 aromatic carbocycles. The lowest BCUT2D eigenvalue weighted by Crippen LogP contribution is -2.37. The second kappa shape index (κ2) is 9.12. The maximum atomic E-state index is 12.7. The predicted molar refractivity (Wildman–Crippen MR) is 101 cm³/mol. The molecule has 0 fully saturated rings. The molecule has 2 rings (SSSR count). The van der Waals surface area contributed by atoms with Crippen LogP contribution in [0.4, 0.5) is 13.2 Å². The largest absolute Gasteiger partial charge is 0.416 e. The topological polar surface area (TPSA) is 135 Å². The summed E-state index contributed by atoms with van der Waals surface area (Å²) in [5.74, 6) is -0.688. The van der Waals surface area contributed by atoms with Crippen molar-refractivity contribution in [2.45, 2.75) is 22.4 Å². The van der Waals surface area contributed by atoms with Crippen molar-refractivity contribution < 1.29 is 34.8 Å². The molecule has 0 atom stereocenters. The molecule has 2 aromatic rings. The average molecular weight is 465 g/mol. The van der Waals surface area contributed by atoms with E-state index >= 15 is 0 Å². The maximum absolute atomic E-state index is 12.7. The molecule has 0 saturated carbocycles. The highest BCUT2D eigenvalue weighted by molar-refractivity contribution is 7.89. The van der Waals surface area contributed by atoms with Gasteiger partial charge < -0.3 is 5.32 Å². The van der Waals surface area contributed by atoms with Crippen molar-refractivity contribution in [1.82, 2.24) is 10.0 Å². The van der Waals surface area contributed by atoms with Gasteiger partial charge in [0.1, 0.15) is 0 Å². The molecule has 0 aromatic heterocycles. The first kappa shape index (κ1) is 23.8. The Bertz CT molecular complexity index is 1120. The van der Waals surface area contributed by atoms with E-state index in [9.17, 15) is 34.8 Å². The summed E-state index contributed by atoms with van der Waals surface area (Å²) in [6.45, 7) is -0.540.